The maximum atomic E-state index is 12.8. The van der Waals surface area contributed by atoms with E-state index in [2.05, 4.69) is 15.5 Å². The minimum atomic E-state index is -0.316. The van der Waals surface area contributed by atoms with Crippen molar-refractivity contribution in [1.82, 2.24) is 10.1 Å². The van der Waals surface area contributed by atoms with Gasteiger partial charge in [0.1, 0.15) is 10.6 Å². The number of fused-ring (bicyclic) bond motifs is 2. The summed E-state index contributed by atoms with van der Waals surface area (Å²) in [6.45, 7) is 2.91. The van der Waals surface area contributed by atoms with E-state index < -0.39 is 0 Å². The number of rotatable bonds is 3. The first-order valence-corrected chi connectivity index (χ1v) is 9.33. The Kier molecular flexibility index (Phi) is 3.80. The molecule has 5 rings (SSSR count). The topological polar surface area (TPSA) is 90.4 Å². The third-order valence-corrected chi connectivity index (χ3v) is 5.56. The molecule has 1 N–H and O–H groups in total. The van der Waals surface area contributed by atoms with Gasteiger partial charge in [0.25, 0.3) is 11.8 Å². The zero-order valence-corrected chi connectivity index (χ0v) is 15.3. The van der Waals surface area contributed by atoms with E-state index in [4.69, 9.17) is 13.7 Å². The lowest BCUT2D eigenvalue weighted by atomic mass is 10.1. The van der Waals surface area contributed by atoms with Crippen LogP contribution in [0.5, 0.6) is 0 Å². The van der Waals surface area contributed by atoms with Crippen LogP contribution in [0.3, 0.4) is 0 Å². The van der Waals surface area contributed by atoms with E-state index >= 15 is 0 Å². The fourth-order valence-electron chi connectivity index (χ4n) is 3.20. The summed E-state index contributed by atoms with van der Waals surface area (Å²) in [6, 6.07) is 9.25. The molecule has 0 unspecified atom stereocenters. The standard InChI is InChI=1S/C19H15N3O4S/c1-10-20-18(26-22-10)16-12-6-7-24-9-15(12)27-19(16)21-17(23)14-8-11-4-2-3-5-13(11)25-14/h2-5,8H,6-7,9H2,1H3,(H,21,23). The summed E-state index contributed by atoms with van der Waals surface area (Å²) in [5.41, 5.74) is 2.55. The Labute approximate surface area is 157 Å². The van der Waals surface area contributed by atoms with Gasteiger partial charge in [0.05, 0.1) is 18.8 Å². The summed E-state index contributed by atoms with van der Waals surface area (Å²) in [5, 5.41) is 8.39. The normalized spacial score (nSPS) is 13.7. The summed E-state index contributed by atoms with van der Waals surface area (Å²) >= 11 is 1.47. The van der Waals surface area contributed by atoms with E-state index in [1.807, 2.05) is 24.3 Å². The molecule has 0 saturated carbocycles. The number of nitrogens with one attached hydrogen (secondary N) is 1. The van der Waals surface area contributed by atoms with Crippen LogP contribution in [0.25, 0.3) is 22.4 Å². The van der Waals surface area contributed by atoms with Gasteiger partial charge in [-0.1, -0.05) is 23.4 Å². The van der Waals surface area contributed by atoms with Crippen LogP contribution in [0.15, 0.2) is 39.3 Å². The number of carbonyl (C=O) groups is 1. The maximum Gasteiger partial charge on any atom is 0.292 e. The second-order valence-electron chi connectivity index (χ2n) is 6.26. The third kappa shape index (κ3) is 2.83. The van der Waals surface area contributed by atoms with E-state index in [-0.39, 0.29) is 11.7 Å². The van der Waals surface area contributed by atoms with E-state index in [9.17, 15) is 4.79 Å². The summed E-state index contributed by atoms with van der Waals surface area (Å²) in [5.74, 6) is 0.896. The van der Waals surface area contributed by atoms with Gasteiger partial charge in [0.15, 0.2) is 11.6 Å². The van der Waals surface area contributed by atoms with Crippen molar-refractivity contribution in [2.75, 3.05) is 11.9 Å². The van der Waals surface area contributed by atoms with Crippen LogP contribution >= 0.6 is 11.3 Å². The predicted octanol–water partition coefficient (Wildman–Crippen LogP) is 4.18. The van der Waals surface area contributed by atoms with Crippen molar-refractivity contribution in [2.24, 2.45) is 0 Å². The lowest BCUT2D eigenvalue weighted by molar-refractivity contribution is 0.0999. The molecule has 0 radical (unpaired) electrons. The van der Waals surface area contributed by atoms with Crippen LogP contribution < -0.4 is 5.32 Å². The number of amides is 1. The smallest absolute Gasteiger partial charge is 0.292 e. The largest absolute Gasteiger partial charge is 0.451 e. The molecule has 0 bridgehead atoms. The molecule has 1 amide bonds. The molecule has 0 fully saturated rings. The average Bonchev–Trinajstić information content (AvgIpc) is 3.37. The predicted molar refractivity (Wildman–Crippen MR) is 99.9 cm³/mol. The Morgan fingerprint density at radius 2 is 2.19 bits per heavy atom. The highest BCUT2D eigenvalue weighted by atomic mass is 32.1. The van der Waals surface area contributed by atoms with Crippen LogP contribution in [-0.4, -0.2) is 22.7 Å². The molecule has 0 saturated heterocycles. The molecule has 8 heteroatoms. The van der Waals surface area contributed by atoms with Gasteiger partial charge in [0, 0.05) is 10.3 Å². The Balaban J connectivity index is 1.54. The number of carbonyl (C=O) groups excluding carboxylic acids is 1. The second kappa shape index (κ2) is 6.33. The van der Waals surface area contributed by atoms with Crippen LogP contribution in [0.1, 0.15) is 26.8 Å². The fourth-order valence-corrected chi connectivity index (χ4v) is 4.38. The van der Waals surface area contributed by atoms with Gasteiger partial charge in [0.2, 0.25) is 0 Å². The molecule has 0 aliphatic carbocycles. The molecule has 1 aliphatic rings. The molecule has 4 aromatic rings. The van der Waals surface area contributed by atoms with Crippen molar-refractivity contribution in [1.29, 1.82) is 0 Å². The van der Waals surface area contributed by atoms with E-state index in [0.717, 1.165) is 27.8 Å². The van der Waals surface area contributed by atoms with Crippen LogP contribution in [0.2, 0.25) is 0 Å². The number of benzene rings is 1. The summed E-state index contributed by atoms with van der Waals surface area (Å²) in [7, 11) is 0. The van der Waals surface area contributed by atoms with Gasteiger partial charge in [-0.05, 0) is 31.0 Å². The SMILES string of the molecule is Cc1noc(-c2c(NC(=O)c3cc4ccccc4o3)sc3c2CCOC3)n1. The number of aromatic nitrogens is 2. The molecular weight excluding hydrogens is 366 g/mol. The van der Waals surface area contributed by atoms with Crippen molar-refractivity contribution in [3.8, 4) is 11.5 Å². The van der Waals surface area contributed by atoms with E-state index in [0.29, 0.717) is 35.5 Å². The molecule has 1 aromatic carbocycles. The van der Waals surface area contributed by atoms with Crippen molar-refractivity contribution >= 4 is 33.2 Å². The summed E-state index contributed by atoms with van der Waals surface area (Å²) in [6.07, 6.45) is 0.739. The molecule has 7 nitrogen and oxygen atoms in total. The zero-order chi connectivity index (χ0) is 18.4. The number of hydrogen-bond acceptors (Lipinski definition) is 7. The molecule has 27 heavy (non-hydrogen) atoms. The van der Waals surface area contributed by atoms with Gasteiger partial charge in [-0.3, -0.25) is 4.79 Å². The number of furan rings is 1. The molecular formula is C19H15N3O4S. The molecule has 136 valence electrons. The summed E-state index contributed by atoms with van der Waals surface area (Å²) < 4.78 is 16.6. The number of para-hydroxylation sites is 1. The number of thiophene rings is 1. The fraction of sp³-hybridized carbons (Fsp3) is 0.211. The first kappa shape index (κ1) is 16.2. The van der Waals surface area contributed by atoms with Crippen LogP contribution in [-0.2, 0) is 17.8 Å². The number of ether oxygens (including phenoxy) is 1. The minimum absolute atomic E-state index is 0.256. The Bertz CT molecular complexity index is 1120. The van der Waals surface area contributed by atoms with Gasteiger partial charge >= 0.3 is 0 Å². The number of hydrogen-bond donors (Lipinski definition) is 1. The second-order valence-corrected chi connectivity index (χ2v) is 7.37. The lowest BCUT2D eigenvalue weighted by Crippen LogP contribution is -2.11. The lowest BCUT2D eigenvalue weighted by Gasteiger charge is -2.12. The Morgan fingerprint density at radius 3 is 3.00 bits per heavy atom. The molecule has 1 aliphatic heterocycles. The van der Waals surface area contributed by atoms with E-state index in [1.54, 1.807) is 13.0 Å². The Hall–Kier alpha value is -2.97. The molecule has 0 atom stereocenters. The summed E-state index contributed by atoms with van der Waals surface area (Å²) in [4.78, 5) is 18.2. The number of nitrogens with zero attached hydrogens (tertiary/aromatic N) is 2. The first-order chi connectivity index (χ1) is 13.2. The van der Waals surface area contributed by atoms with Crippen molar-refractivity contribution in [3.63, 3.8) is 0 Å². The average molecular weight is 381 g/mol. The molecule has 3 aromatic heterocycles. The van der Waals surface area contributed by atoms with Crippen LogP contribution in [0.4, 0.5) is 5.00 Å². The zero-order valence-electron chi connectivity index (χ0n) is 14.4. The van der Waals surface area contributed by atoms with Crippen molar-refractivity contribution in [2.45, 2.75) is 20.0 Å². The van der Waals surface area contributed by atoms with Gasteiger partial charge in [-0.15, -0.1) is 11.3 Å². The van der Waals surface area contributed by atoms with Crippen LogP contribution in [0, 0.1) is 6.92 Å². The molecule has 0 spiro atoms. The highest BCUT2D eigenvalue weighted by Crippen LogP contribution is 2.42. The van der Waals surface area contributed by atoms with Crippen molar-refractivity contribution < 1.29 is 18.5 Å². The highest BCUT2D eigenvalue weighted by Gasteiger charge is 2.27. The quantitative estimate of drug-likeness (QED) is 0.573. The molecule has 4 heterocycles. The van der Waals surface area contributed by atoms with Crippen molar-refractivity contribution in [3.05, 3.63) is 52.4 Å². The number of anilines is 1. The third-order valence-electron chi connectivity index (χ3n) is 4.44. The van der Waals surface area contributed by atoms with Gasteiger partial charge < -0.3 is 19.0 Å². The highest BCUT2D eigenvalue weighted by molar-refractivity contribution is 7.17. The maximum absolute atomic E-state index is 12.8. The minimum Gasteiger partial charge on any atom is -0.451 e. The Morgan fingerprint density at radius 1 is 1.30 bits per heavy atom. The number of aryl methyl sites for hydroxylation is 1. The van der Waals surface area contributed by atoms with E-state index in [1.165, 1.54) is 11.3 Å². The van der Waals surface area contributed by atoms with Gasteiger partial charge in [-0.25, -0.2) is 0 Å². The van der Waals surface area contributed by atoms with Gasteiger partial charge in [-0.2, -0.15) is 4.98 Å². The monoisotopic (exact) mass is 381 g/mol. The first-order valence-electron chi connectivity index (χ1n) is 8.52.